The summed E-state index contributed by atoms with van der Waals surface area (Å²) in [5.41, 5.74) is 7.94. The van der Waals surface area contributed by atoms with Crippen molar-refractivity contribution >= 4 is 29.2 Å². The number of nitrogens with one attached hydrogen (secondary N) is 2. The Hall–Kier alpha value is -3.69. The van der Waals surface area contributed by atoms with Gasteiger partial charge in [0.2, 0.25) is 11.9 Å². The maximum atomic E-state index is 11.4. The van der Waals surface area contributed by atoms with Crippen molar-refractivity contribution in [1.82, 2.24) is 25.0 Å². The summed E-state index contributed by atoms with van der Waals surface area (Å²) >= 11 is 0. The van der Waals surface area contributed by atoms with E-state index in [-0.39, 0.29) is 17.9 Å². The molecule has 2 aromatic heterocycles. The topological polar surface area (TPSA) is 148 Å². The minimum Gasteiger partial charge on any atom is -0.369 e. The molecule has 0 bridgehead atoms. The highest BCUT2D eigenvalue weighted by molar-refractivity contribution is 5.79. The SMILES string of the molecule is CN=Cc1ccc(-n2nnc3cnc(NC4CCC(C(N)=O)C4)nc32)ccc1=N. The predicted octanol–water partition coefficient (Wildman–Crippen LogP) is 0.805. The van der Waals surface area contributed by atoms with E-state index in [4.69, 9.17) is 11.1 Å². The molecule has 1 amide bonds. The zero-order valence-electron chi connectivity index (χ0n) is 15.9. The molecule has 1 aromatic carbocycles. The fourth-order valence-corrected chi connectivity index (χ4v) is 3.50. The van der Waals surface area contributed by atoms with Crippen LogP contribution in [0.3, 0.4) is 0 Å². The Balaban J connectivity index is 1.65. The number of anilines is 1. The Morgan fingerprint density at radius 1 is 1.34 bits per heavy atom. The standard InChI is InChI=1S/C19H21N9O/c1-22-9-12-3-5-14(6-7-15(12)20)28-18-16(26-27-28)10-23-19(25-18)24-13-4-2-11(8-13)17(21)29/h3,5-7,9-11,13,20H,2,4,8H2,1H3,(H2,21,29)(H,23,24,25). The van der Waals surface area contributed by atoms with Crippen LogP contribution in [-0.2, 0) is 4.79 Å². The van der Waals surface area contributed by atoms with E-state index in [1.54, 1.807) is 42.3 Å². The van der Waals surface area contributed by atoms with Crippen LogP contribution in [0.15, 0.2) is 35.5 Å². The highest BCUT2D eigenvalue weighted by Gasteiger charge is 2.28. The molecule has 0 saturated heterocycles. The zero-order chi connectivity index (χ0) is 20.4. The summed E-state index contributed by atoms with van der Waals surface area (Å²) in [6.07, 6.45) is 5.54. The molecule has 29 heavy (non-hydrogen) atoms. The molecule has 1 saturated carbocycles. The van der Waals surface area contributed by atoms with E-state index in [9.17, 15) is 4.79 Å². The van der Waals surface area contributed by atoms with Gasteiger partial charge < -0.3 is 16.5 Å². The Morgan fingerprint density at radius 2 is 2.17 bits per heavy atom. The van der Waals surface area contributed by atoms with E-state index in [1.165, 1.54) is 0 Å². The van der Waals surface area contributed by atoms with Crippen LogP contribution in [0, 0.1) is 11.3 Å². The summed E-state index contributed by atoms with van der Waals surface area (Å²) in [4.78, 5) is 24.2. The van der Waals surface area contributed by atoms with Crippen molar-refractivity contribution in [3.8, 4) is 5.69 Å². The number of hydrogen-bond acceptors (Lipinski definition) is 8. The number of aliphatic imine (C=N–C) groups is 1. The van der Waals surface area contributed by atoms with Crippen LogP contribution in [0.1, 0.15) is 24.8 Å². The minimum absolute atomic E-state index is 0.102. The fourth-order valence-electron chi connectivity index (χ4n) is 3.50. The number of fused-ring (bicyclic) bond motifs is 1. The second-order valence-electron chi connectivity index (χ2n) is 7.01. The van der Waals surface area contributed by atoms with E-state index in [1.807, 2.05) is 6.07 Å². The largest absolute Gasteiger partial charge is 0.369 e. The van der Waals surface area contributed by atoms with E-state index in [0.29, 0.717) is 34.5 Å². The molecule has 10 heteroatoms. The number of amides is 1. The summed E-state index contributed by atoms with van der Waals surface area (Å²) in [6.45, 7) is 0. The average Bonchev–Trinajstić information content (AvgIpc) is 3.30. The summed E-state index contributed by atoms with van der Waals surface area (Å²) in [5.74, 6) is 0.0928. The number of aromatic nitrogens is 5. The molecule has 0 spiro atoms. The number of nitrogens with zero attached hydrogens (tertiary/aromatic N) is 6. The third kappa shape index (κ3) is 3.82. The molecular weight excluding hydrogens is 370 g/mol. The van der Waals surface area contributed by atoms with Crippen molar-refractivity contribution in [2.75, 3.05) is 12.4 Å². The number of carbonyl (C=O) groups is 1. The molecule has 3 aromatic rings. The van der Waals surface area contributed by atoms with Crippen LogP contribution in [0.2, 0.25) is 0 Å². The summed E-state index contributed by atoms with van der Waals surface area (Å²) in [5, 5.41) is 20.0. The average molecular weight is 391 g/mol. The van der Waals surface area contributed by atoms with Gasteiger partial charge in [0.1, 0.15) is 0 Å². The van der Waals surface area contributed by atoms with Crippen molar-refractivity contribution in [3.05, 3.63) is 41.4 Å². The minimum atomic E-state index is -0.258. The molecule has 148 valence electrons. The predicted molar refractivity (Wildman–Crippen MR) is 108 cm³/mol. The van der Waals surface area contributed by atoms with E-state index < -0.39 is 0 Å². The molecule has 1 aliphatic rings. The molecule has 0 aliphatic heterocycles. The third-order valence-corrected chi connectivity index (χ3v) is 5.04. The summed E-state index contributed by atoms with van der Waals surface area (Å²) in [7, 11) is 1.67. The van der Waals surface area contributed by atoms with Crippen molar-refractivity contribution in [2.45, 2.75) is 25.3 Å². The molecule has 1 fully saturated rings. The quantitative estimate of drug-likeness (QED) is 0.548. The first-order chi connectivity index (χ1) is 14.0. The lowest BCUT2D eigenvalue weighted by Crippen LogP contribution is -2.23. The van der Waals surface area contributed by atoms with Gasteiger partial charge in [0.25, 0.3) is 0 Å². The van der Waals surface area contributed by atoms with Gasteiger partial charge in [0.15, 0.2) is 11.2 Å². The van der Waals surface area contributed by atoms with Gasteiger partial charge in [-0.1, -0.05) is 5.21 Å². The first kappa shape index (κ1) is 18.7. The van der Waals surface area contributed by atoms with Gasteiger partial charge in [-0.3, -0.25) is 9.79 Å². The van der Waals surface area contributed by atoms with Crippen LogP contribution < -0.4 is 16.4 Å². The molecule has 4 N–H and O–H groups in total. The summed E-state index contributed by atoms with van der Waals surface area (Å²) < 4.78 is 1.61. The maximum absolute atomic E-state index is 11.4. The number of nitrogens with two attached hydrogens (primary N) is 1. The highest BCUT2D eigenvalue weighted by atomic mass is 16.1. The maximum Gasteiger partial charge on any atom is 0.225 e. The normalized spacial score (nSPS) is 19.1. The molecule has 2 heterocycles. The second kappa shape index (κ2) is 7.74. The van der Waals surface area contributed by atoms with E-state index in [0.717, 1.165) is 18.5 Å². The molecule has 2 atom stereocenters. The van der Waals surface area contributed by atoms with Crippen LogP contribution in [0.4, 0.5) is 5.95 Å². The monoisotopic (exact) mass is 391 g/mol. The van der Waals surface area contributed by atoms with Gasteiger partial charge in [-0.15, -0.1) is 5.10 Å². The first-order valence-electron chi connectivity index (χ1n) is 9.31. The molecule has 4 rings (SSSR count). The molecular formula is C19H21N9O. The number of primary amides is 1. The zero-order valence-corrected chi connectivity index (χ0v) is 15.9. The lowest BCUT2D eigenvalue weighted by Gasteiger charge is -2.12. The molecule has 1 aliphatic carbocycles. The Morgan fingerprint density at radius 3 is 2.93 bits per heavy atom. The number of hydrogen-bond donors (Lipinski definition) is 3. The van der Waals surface area contributed by atoms with Crippen LogP contribution in [-0.4, -0.2) is 50.2 Å². The number of rotatable bonds is 5. The molecule has 2 unspecified atom stereocenters. The van der Waals surface area contributed by atoms with Crippen molar-refractivity contribution in [3.63, 3.8) is 0 Å². The lowest BCUT2D eigenvalue weighted by atomic mass is 10.1. The Bertz CT molecular complexity index is 1150. The fraction of sp³-hybridized carbons (Fsp3) is 0.316. The van der Waals surface area contributed by atoms with Gasteiger partial charge in [-0.2, -0.15) is 9.67 Å². The van der Waals surface area contributed by atoms with Gasteiger partial charge >= 0.3 is 0 Å². The lowest BCUT2D eigenvalue weighted by molar-refractivity contribution is -0.121. The van der Waals surface area contributed by atoms with Gasteiger partial charge in [0.05, 0.1) is 17.2 Å². The van der Waals surface area contributed by atoms with Gasteiger partial charge in [-0.25, -0.2) is 4.98 Å². The van der Waals surface area contributed by atoms with Crippen LogP contribution in [0.25, 0.3) is 16.9 Å². The van der Waals surface area contributed by atoms with Gasteiger partial charge in [0, 0.05) is 30.8 Å². The number of carbonyl (C=O) groups excluding carboxylic acids is 1. The second-order valence-corrected chi connectivity index (χ2v) is 7.01. The van der Waals surface area contributed by atoms with Crippen molar-refractivity contribution in [2.24, 2.45) is 16.6 Å². The first-order valence-corrected chi connectivity index (χ1v) is 9.31. The van der Waals surface area contributed by atoms with Crippen molar-refractivity contribution in [1.29, 1.82) is 5.41 Å². The van der Waals surface area contributed by atoms with Gasteiger partial charge in [-0.05, 0) is 43.5 Å². The summed E-state index contributed by atoms with van der Waals surface area (Å²) in [6, 6.07) is 7.22. The third-order valence-electron chi connectivity index (χ3n) is 5.04. The Kier molecular flexibility index (Phi) is 4.98. The highest BCUT2D eigenvalue weighted by Crippen LogP contribution is 2.27. The van der Waals surface area contributed by atoms with Crippen LogP contribution in [0.5, 0.6) is 0 Å². The van der Waals surface area contributed by atoms with E-state index >= 15 is 0 Å². The van der Waals surface area contributed by atoms with E-state index in [2.05, 4.69) is 30.6 Å². The van der Waals surface area contributed by atoms with Crippen molar-refractivity contribution < 1.29 is 4.79 Å². The Labute approximate surface area is 166 Å². The van der Waals surface area contributed by atoms with Crippen LogP contribution >= 0.6 is 0 Å². The smallest absolute Gasteiger partial charge is 0.225 e. The molecule has 0 radical (unpaired) electrons. The molecule has 10 nitrogen and oxygen atoms in total.